The molecule has 2 N–H and O–H groups in total. The minimum Gasteiger partial charge on any atom is -0.491 e. The van der Waals surface area contributed by atoms with Crippen molar-refractivity contribution in [3.05, 3.63) is 36.0 Å². The van der Waals surface area contributed by atoms with Gasteiger partial charge in [-0.25, -0.2) is 9.48 Å². The number of likely N-dealkylation sites (tertiary alicyclic amines) is 1. The Morgan fingerprint density at radius 2 is 2.20 bits per heavy atom. The fourth-order valence-electron chi connectivity index (χ4n) is 3.08. The molecule has 1 aromatic carbocycles. The Morgan fingerprint density at radius 3 is 2.96 bits per heavy atom. The van der Waals surface area contributed by atoms with E-state index >= 15 is 0 Å². The number of piperidine rings is 1. The van der Waals surface area contributed by atoms with Crippen molar-refractivity contribution >= 4 is 6.09 Å². The van der Waals surface area contributed by atoms with Crippen LogP contribution in [0.15, 0.2) is 30.3 Å². The van der Waals surface area contributed by atoms with Crippen LogP contribution in [0.1, 0.15) is 25.5 Å². The van der Waals surface area contributed by atoms with E-state index in [4.69, 9.17) is 4.74 Å². The Labute approximate surface area is 146 Å². The maximum absolute atomic E-state index is 11.6. The fourth-order valence-corrected chi connectivity index (χ4v) is 3.08. The summed E-state index contributed by atoms with van der Waals surface area (Å²) >= 11 is 0. The van der Waals surface area contributed by atoms with Crippen LogP contribution in [0.25, 0.3) is 5.69 Å². The molecule has 1 aromatic heterocycles. The average molecular weight is 345 g/mol. The zero-order chi connectivity index (χ0) is 17.6. The van der Waals surface area contributed by atoms with Gasteiger partial charge in [-0.3, -0.25) is 4.90 Å². The van der Waals surface area contributed by atoms with Gasteiger partial charge in [0.1, 0.15) is 5.69 Å². The Bertz CT molecular complexity index is 704. The second-order valence-electron chi connectivity index (χ2n) is 6.05. The third-order valence-corrected chi connectivity index (χ3v) is 4.22. The molecule has 1 aliphatic rings. The number of para-hydroxylation sites is 1. The molecule has 1 saturated heterocycles. The van der Waals surface area contributed by atoms with Gasteiger partial charge in [-0.15, -0.1) is 0 Å². The van der Waals surface area contributed by atoms with Gasteiger partial charge in [-0.05, 0) is 38.4 Å². The summed E-state index contributed by atoms with van der Waals surface area (Å²) in [6.45, 7) is 4.23. The molecular formula is C17H23N5O3. The second kappa shape index (κ2) is 7.98. The van der Waals surface area contributed by atoms with Gasteiger partial charge in [0, 0.05) is 19.1 Å². The molecule has 0 saturated carbocycles. The van der Waals surface area contributed by atoms with Crippen LogP contribution in [0, 0.1) is 0 Å². The highest BCUT2D eigenvalue weighted by atomic mass is 16.5. The van der Waals surface area contributed by atoms with Crippen LogP contribution < -0.4 is 5.32 Å². The van der Waals surface area contributed by atoms with Crippen LogP contribution in [0.2, 0.25) is 0 Å². The zero-order valence-electron chi connectivity index (χ0n) is 14.3. The van der Waals surface area contributed by atoms with E-state index in [2.05, 4.69) is 20.5 Å². The van der Waals surface area contributed by atoms with E-state index in [0.29, 0.717) is 25.4 Å². The first-order valence-corrected chi connectivity index (χ1v) is 8.52. The minimum atomic E-state index is -0.381. The quantitative estimate of drug-likeness (QED) is 0.857. The van der Waals surface area contributed by atoms with Crippen molar-refractivity contribution in [1.29, 1.82) is 0 Å². The van der Waals surface area contributed by atoms with E-state index in [9.17, 15) is 9.90 Å². The highest BCUT2D eigenvalue weighted by Gasteiger charge is 2.24. The van der Waals surface area contributed by atoms with E-state index < -0.39 is 0 Å². The third-order valence-electron chi connectivity index (χ3n) is 4.22. The molecule has 0 spiro atoms. The Hall–Kier alpha value is -2.61. The molecule has 1 aliphatic heterocycles. The summed E-state index contributed by atoms with van der Waals surface area (Å²) in [5.74, 6) is -0.0654. The van der Waals surface area contributed by atoms with Crippen molar-refractivity contribution < 1.29 is 14.6 Å². The van der Waals surface area contributed by atoms with E-state index in [1.807, 2.05) is 30.3 Å². The number of nitrogens with one attached hydrogen (secondary N) is 1. The van der Waals surface area contributed by atoms with E-state index in [0.717, 1.165) is 25.1 Å². The predicted molar refractivity (Wildman–Crippen MR) is 91.5 cm³/mol. The van der Waals surface area contributed by atoms with Gasteiger partial charge >= 0.3 is 6.09 Å². The Balaban J connectivity index is 1.68. The second-order valence-corrected chi connectivity index (χ2v) is 6.05. The summed E-state index contributed by atoms with van der Waals surface area (Å²) < 4.78 is 6.60. The molecule has 134 valence electrons. The van der Waals surface area contributed by atoms with Crippen LogP contribution in [-0.2, 0) is 11.3 Å². The maximum Gasteiger partial charge on any atom is 0.407 e. The molecule has 0 unspecified atom stereocenters. The molecule has 8 heteroatoms. The van der Waals surface area contributed by atoms with Crippen LogP contribution in [0.3, 0.4) is 0 Å². The van der Waals surface area contributed by atoms with Crippen molar-refractivity contribution in [2.45, 2.75) is 32.4 Å². The molecule has 25 heavy (non-hydrogen) atoms. The highest BCUT2D eigenvalue weighted by Crippen LogP contribution is 2.21. The topological polar surface area (TPSA) is 92.5 Å². The minimum absolute atomic E-state index is 0.0380. The van der Waals surface area contributed by atoms with Gasteiger partial charge in [0.25, 0.3) is 5.88 Å². The first-order chi connectivity index (χ1) is 12.2. The number of benzene rings is 1. The van der Waals surface area contributed by atoms with Crippen LogP contribution in [0.4, 0.5) is 4.79 Å². The number of aromatic hydroxyl groups is 1. The molecular weight excluding hydrogens is 322 g/mol. The summed E-state index contributed by atoms with van der Waals surface area (Å²) in [6.07, 6.45) is 1.50. The van der Waals surface area contributed by atoms with Crippen LogP contribution >= 0.6 is 0 Å². The number of nitrogens with zero attached hydrogens (tertiary/aromatic N) is 4. The van der Waals surface area contributed by atoms with Gasteiger partial charge in [-0.2, -0.15) is 0 Å². The monoisotopic (exact) mass is 345 g/mol. The molecule has 0 radical (unpaired) electrons. The van der Waals surface area contributed by atoms with Crippen LogP contribution in [-0.4, -0.2) is 56.8 Å². The normalized spacial score (nSPS) is 18.0. The number of rotatable bonds is 5. The molecule has 1 atom stereocenters. The molecule has 1 amide bonds. The number of carbonyl (C=O) groups is 1. The van der Waals surface area contributed by atoms with Crippen molar-refractivity contribution in [2.24, 2.45) is 0 Å². The SMILES string of the molecule is CCOC(=O)N[C@H]1CCCN(Cc2c(O)nnn2-c2ccccc2)C1. The molecule has 2 heterocycles. The highest BCUT2D eigenvalue weighted by molar-refractivity contribution is 5.67. The number of aromatic nitrogens is 3. The van der Waals surface area contributed by atoms with Crippen molar-refractivity contribution in [3.8, 4) is 11.6 Å². The molecule has 0 aliphatic carbocycles. The van der Waals surface area contributed by atoms with Crippen molar-refractivity contribution in [2.75, 3.05) is 19.7 Å². The maximum atomic E-state index is 11.6. The van der Waals surface area contributed by atoms with Crippen molar-refractivity contribution in [3.63, 3.8) is 0 Å². The van der Waals surface area contributed by atoms with E-state index in [1.54, 1.807) is 11.6 Å². The first-order valence-electron chi connectivity index (χ1n) is 8.52. The largest absolute Gasteiger partial charge is 0.491 e. The number of hydrogen-bond donors (Lipinski definition) is 2. The summed E-state index contributed by atoms with van der Waals surface area (Å²) in [5.41, 5.74) is 1.49. The predicted octanol–water partition coefficient (Wildman–Crippen LogP) is 1.68. The summed E-state index contributed by atoms with van der Waals surface area (Å²) in [4.78, 5) is 13.8. The lowest BCUT2D eigenvalue weighted by Gasteiger charge is -2.32. The number of ether oxygens (including phenoxy) is 1. The van der Waals surface area contributed by atoms with Gasteiger partial charge < -0.3 is 15.2 Å². The van der Waals surface area contributed by atoms with E-state index in [1.165, 1.54) is 0 Å². The lowest BCUT2D eigenvalue weighted by atomic mass is 10.1. The molecule has 0 bridgehead atoms. The lowest BCUT2D eigenvalue weighted by molar-refractivity contribution is 0.131. The Kier molecular flexibility index (Phi) is 5.49. The fraction of sp³-hybridized carbons (Fsp3) is 0.471. The number of alkyl carbamates (subject to hydrolysis) is 1. The summed E-state index contributed by atoms with van der Waals surface area (Å²) in [6, 6.07) is 9.63. The summed E-state index contributed by atoms with van der Waals surface area (Å²) in [5, 5.41) is 20.8. The molecule has 1 fully saturated rings. The first kappa shape index (κ1) is 17.2. The third kappa shape index (κ3) is 4.27. The summed E-state index contributed by atoms with van der Waals surface area (Å²) in [7, 11) is 0. The standard InChI is InChI=1S/C17H23N5O3/c1-2-25-17(24)18-13-7-6-10-21(11-13)12-15-16(23)19-20-22(15)14-8-4-3-5-9-14/h3-5,8-9,13,23H,2,6-7,10-12H2,1H3,(H,18,24)/t13-/m0/s1. The van der Waals surface area contributed by atoms with E-state index in [-0.39, 0.29) is 18.0 Å². The smallest absolute Gasteiger partial charge is 0.407 e. The number of hydrogen-bond acceptors (Lipinski definition) is 6. The van der Waals surface area contributed by atoms with Gasteiger partial charge in [-0.1, -0.05) is 28.5 Å². The van der Waals surface area contributed by atoms with Gasteiger partial charge in [0.15, 0.2) is 0 Å². The molecule has 3 rings (SSSR count). The van der Waals surface area contributed by atoms with Gasteiger partial charge in [0.05, 0.1) is 12.3 Å². The number of amides is 1. The Morgan fingerprint density at radius 1 is 1.40 bits per heavy atom. The van der Waals surface area contributed by atoms with Crippen molar-refractivity contribution in [1.82, 2.24) is 25.2 Å². The zero-order valence-corrected chi connectivity index (χ0v) is 14.3. The number of carbonyl (C=O) groups excluding carboxylic acids is 1. The molecule has 2 aromatic rings. The molecule has 8 nitrogen and oxygen atoms in total. The lowest BCUT2D eigenvalue weighted by Crippen LogP contribution is -2.47. The average Bonchev–Trinajstić information content (AvgIpc) is 2.97. The van der Waals surface area contributed by atoms with Gasteiger partial charge in [0.2, 0.25) is 0 Å². The van der Waals surface area contributed by atoms with Crippen LogP contribution in [0.5, 0.6) is 5.88 Å².